The molecule has 1 aromatic heterocycles. The van der Waals surface area contributed by atoms with Crippen LogP contribution >= 0.6 is 11.3 Å². The van der Waals surface area contributed by atoms with E-state index in [0.717, 1.165) is 28.1 Å². The summed E-state index contributed by atoms with van der Waals surface area (Å²) in [5.74, 6) is 0. The Morgan fingerprint density at radius 2 is 2.19 bits per heavy atom. The fraction of sp³-hybridized carbons (Fsp3) is 0.417. The van der Waals surface area contributed by atoms with Crippen molar-refractivity contribution in [1.29, 1.82) is 0 Å². The van der Waals surface area contributed by atoms with E-state index in [0.29, 0.717) is 0 Å². The number of aliphatic hydroxyl groups excluding tert-OH is 1. The first-order valence-corrected chi connectivity index (χ1v) is 6.33. The number of aromatic nitrogens is 1. The summed E-state index contributed by atoms with van der Waals surface area (Å²) < 4.78 is 1.10. The van der Waals surface area contributed by atoms with E-state index in [1.54, 1.807) is 0 Å². The molecular formula is C12H16N2OS. The van der Waals surface area contributed by atoms with Crippen LogP contribution in [0.2, 0.25) is 0 Å². The molecule has 0 bridgehead atoms. The van der Waals surface area contributed by atoms with E-state index in [-0.39, 0.29) is 6.04 Å². The van der Waals surface area contributed by atoms with Crippen molar-refractivity contribution in [3.63, 3.8) is 0 Å². The molecule has 86 valence electrons. The van der Waals surface area contributed by atoms with Crippen molar-refractivity contribution in [2.75, 3.05) is 0 Å². The molecule has 0 aliphatic rings. The number of nitrogens with two attached hydrogens (primary N) is 1. The zero-order valence-electron chi connectivity index (χ0n) is 9.26. The van der Waals surface area contributed by atoms with Crippen molar-refractivity contribution < 1.29 is 5.11 Å². The van der Waals surface area contributed by atoms with Crippen LogP contribution in [-0.4, -0.2) is 16.1 Å². The Hall–Kier alpha value is -0.970. The molecule has 3 nitrogen and oxygen atoms in total. The molecule has 1 aromatic carbocycles. The third-order valence-electron chi connectivity index (χ3n) is 2.59. The Morgan fingerprint density at radius 1 is 1.44 bits per heavy atom. The highest BCUT2D eigenvalue weighted by Gasteiger charge is 2.19. The molecule has 2 unspecified atom stereocenters. The van der Waals surface area contributed by atoms with Crippen molar-refractivity contribution >= 4 is 21.6 Å². The molecule has 0 saturated heterocycles. The molecule has 16 heavy (non-hydrogen) atoms. The van der Waals surface area contributed by atoms with Crippen LogP contribution in [0.15, 0.2) is 24.3 Å². The van der Waals surface area contributed by atoms with Gasteiger partial charge in [0.05, 0.1) is 10.2 Å². The number of para-hydroxylation sites is 1. The smallest absolute Gasteiger partial charge is 0.124 e. The third-order valence-corrected chi connectivity index (χ3v) is 3.70. The topological polar surface area (TPSA) is 59.1 Å². The van der Waals surface area contributed by atoms with Gasteiger partial charge in [0.1, 0.15) is 11.1 Å². The van der Waals surface area contributed by atoms with E-state index in [1.807, 2.05) is 24.3 Å². The van der Waals surface area contributed by atoms with Gasteiger partial charge in [-0.2, -0.15) is 0 Å². The zero-order valence-corrected chi connectivity index (χ0v) is 10.1. The number of benzene rings is 1. The second-order valence-corrected chi connectivity index (χ2v) is 4.98. The lowest BCUT2D eigenvalue weighted by Crippen LogP contribution is -2.27. The number of hydrogen-bond acceptors (Lipinski definition) is 4. The number of aliphatic hydroxyl groups is 1. The van der Waals surface area contributed by atoms with E-state index in [2.05, 4.69) is 11.9 Å². The molecule has 0 spiro atoms. The highest BCUT2D eigenvalue weighted by atomic mass is 32.1. The average Bonchev–Trinajstić information content (AvgIpc) is 2.71. The highest BCUT2D eigenvalue weighted by Crippen LogP contribution is 2.28. The minimum Gasteiger partial charge on any atom is -0.384 e. The van der Waals surface area contributed by atoms with Crippen molar-refractivity contribution in [3.05, 3.63) is 29.3 Å². The van der Waals surface area contributed by atoms with E-state index in [1.165, 1.54) is 11.3 Å². The summed E-state index contributed by atoms with van der Waals surface area (Å²) in [5.41, 5.74) is 6.83. The summed E-state index contributed by atoms with van der Waals surface area (Å²) in [6.07, 6.45) is 1.15. The molecule has 0 saturated carbocycles. The Kier molecular flexibility index (Phi) is 3.53. The molecule has 1 heterocycles. The second-order valence-electron chi connectivity index (χ2n) is 3.92. The zero-order chi connectivity index (χ0) is 11.5. The van der Waals surface area contributed by atoms with Crippen LogP contribution in [0.3, 0.4) is 0 Å². The average molecular weight is 236 g/mol. The first kappa shape index (κ1) is 11.5. The van der Waals surface area contributed by atoms with E-state index >= 15 is 0 Å². The molecule has 3 N–H and O–H groups in total. The van der Waals surface area contributed by atoms with Crippen LogP contribution in [0, 0.1) is 0 Å². The van der Waals surface area contributed by atoms with Crippen molar-refractivity contribution in [2.24, 2.45) is 5.73 Å². The van der Waals surface area contributed by atoms with Crippen LogP contribution in [0.1, 0.15) is 30.9 Å². The minimum absolute atomic E-state index is 0.217. The first-order valence-electron chi connectivity index (χ1n) is 5.51. The maximum atomic E-state index is 10.0. The molecule has 2 aromatic rings. The van der Waals surface area contributed by atoms with Crippen LogP contribution in [-0.2, 0) is 0 Å². The maximum Gasteiger partial charge on any atom is 0.124 e. The SMILES string of the molecule is CCCC(N)C(O)c1nc2ccccc2s1. The maximum absolute atomic E-state index is 10.0. The molecule has 0 fully saturated rings. The van der Waals surface area contributed by atoms with Crippen molar-refractivity contribution in [1.82, 2.24) is 4.98 Å². The Bertz CT molecular complexity index is 436. The van der Waals surface area contributed by atoms with Crippen LogP contribution in [0.5, 0.6) is 0 Å². The van der Waals surface area contributed by atoms with Crippen LogP contribution in [0.25, 0.3) is 10.2 Å². The quantitative estimate of drug-likeness (QED) is 0.857. The molecule has 0 aliphatic carbocycles. The minimum atomic E-state index is -0.641. The summed E-state index contributed by atoms with van der Waals surface area (Å²) >= 11 is 1.52. The lowest BCUT2D eigenvalue weighted by Gasteiger charge is -2.15. The fourth-order valence-electron chi connectivity index (χ4n) is 1.69. The number of fused-ring (bicyclic) bond motifs is 1. The van der Waals surface area contributed by atoms with Crippen molar-refractivity contribution in [2.45, 2.75) is 31.9 Å². The largest absolute Gasteiger partial charge is 0.384 e. The first-order chi connectivity index (χ1) is 7.72. The van der Waals surface area contributed by atoms with E-state index in [4.69, 9.17) is 5.73 Å². The van der Waals surface area contributed by atoms with Gasteiger partial charge in [-0.1, -0.05) is 25.5 Å². The van der Waals surface area contributed by atoms with Gasteiger partial charge < -0.3 is 10.8 Å². The standard InChI is InChI=1S/C12H16N2OS/c1-2-5-8(13)11(15)12-14-9-6-3-4-7-10(9)16-12/h3-4,6-8,11,15H,2,5,13H2,1H3. The summed E-state index contributed by atoms with van der Waals surface area (Å²) in [7, 11) is 0. The van der Waals surface area contributed by atoms with Gasteiger partial charge in [0, 0.05) is 6.04 Å². The van der Waals surface area contributed by atoms with Gasteiger partial charge in [-0.05, 0) is 18.6 Å². The molecule has 4 heteroatoms. The van der Waals surface area contributed by atoms with Crippen LogP contribution < -0.4 is 5.73 Å². The lowest BCUT2D eigenvalue weighted by atomic mass is 10.1. The second kappa shape index (κ2) is 4.91. The van der Waals surface area contributed by atoms with Gasteiger partial charge in [-0.25, -0.2) is 4.98 Å². The molecule has 2 atom stereocenters. The van der Waals surface area contributed by atoms with Gasteiger partial charge in [-0.3, -0.25) is 0 Å². The van der Waals surface area contributed by atoms with Gasteiger partial charge in [0.2, 0.25) is 0 Å². The van der Waals surface area contributed by atoms with E-state index in [9.17, 15) is 5.11 Å². The highest BCUT2D eigenvalue weighted by molar-refractivity contribution is 7.18. The predicted octanol–water partition coefficient (Wildman–Crippen LogP) is 2.46. The summed E-state index contributed by atoms with van der Waals surface area (Å²) in [6.45, 7) is 2.06. The van der Waals surface area contributed by atoms with E-state index < -0.39 is 6.10 Å². The molecule has 2 rings (SSSR count). The summed E-state index contributed by atoms with van der Waals surface area (Å²) in [5, 5.41) is 10.8. The fourth-order valence-corrected chi connectivity index (χ4v) is 2.72. The molecule has 0 aliphatic heterocycles. The van der Waals surface area contributed by atoms with Gasteiger partial charge >= 0.3 is 0 Å². The number of thiazole rings is 1. The normalized spacial score (nSPS) is 15.2. The number of nitrogens with zero attached hydrogens (tertiary/aromatic N) is 1. The van der Waals surface area contributed by atoms with Crippen LogP contribution in [0.4, 0.5) is 0 Å². The van der Waals surface area contributed by atoms with Gasteiger partial charge in [0.15, 0.2) is 0 Å². The number of rotatable bonds is 4. The number of hydrogen-bond donors (Lipinski definition) is 2. The molecule has 0 amide bonds. The Morgan fingerprint density at radius 3 is 2.88 bits per heavy atom. The predicted molar refractivity (Wildman–Crippen MR) is 67.5 cm³/mol. The lowest BCUT2D eigenvalue weighted by molar-refractivity contribution is 0.141. The molecular weight excluding hydrogens is 220 g/mol. The van der Waals surface area contributed by atoms with Crippen molar-refractivity contribution in [3.8, 4) is 0 Å². The molecule has 0 radical (unpaired) electrons. The Labute approximate surface area is 98.9 Å². The third kappa shape index (κ3) is 2.24. The summed E-state index contributed by atoms with van der Waals surface area (Å²) in [6, 6.07) is 7.67. The monoisotopic (exact) mass is 236 g/mol. The Balaban J connectivity index is 2.26. The van der Waals surface area contributed by atoms with Gasteiger partial charge in [-0.15, -0.1) is 11.3 Å². The van der Waals surface area contributed by atoms with Gasteiger partial charge in [0.25, 0.3) is 0 Å². The summed E-state index contributed by atoms with van der Waals surface area (Å²) in [4.78, 5) is 4.40.